The molecule has 0 unspecified atom stereocenters. The zero-order chi connectivity index (χ0) is 28.3. The first kappa shape index (κ1) is 28.2. The van der Waals surface area contributed by atoms with Crippen molar-refractivity contribution in [3.8, 4) is 17.2 Å². The first-order chi connectivity index (χ1) is 18.5. The minimum Gasteiger partial charge on any atom is -0.493 e. The number of amides is 1. The van der Waals surface area contributed by atoms with Crippen molar-refractivity contribution < 1.29 is 33.3 Å². The molecule has 1 heterocycles. The summed E-state index contributed by atoms with van der Waals surface area (Å²) < 4.78 is 31.7. The molecule has 0 radical (unpaired) electrons. The van der Waals surface area contributed by atoms with E-state index in [0.717, 1.165) is 11.1 Å². The molecule has 0 aliphatic carbocycles. The molecule has 0 aromatic heterocycles. The molecule has 0 spiro atoms. The molecule has 0 bridgehead atoms. The number of para-hydroxylation sites is 1. The minimum atomic E-state index is -1.13. The minimum absolute atomic E-state index is 0.0454. The maximum atomic E-state index is 14.0. The number of methoxy groups -OCH3 is 1. The molecule has 206 valence electrons. The fourth-order valence-electron chi connectivity index (χ4n) is 4.80. The quantitative estimate of drug-likeness (QED) is 0.333. The van der Waals surface area contributed by atoms with Crippen LogP contribution in [0.4, 0.5) is 4.39 Å². The first-order valence-corrected chi connectivity index (χ1v) is 13.0. The summed E-state index contributed by atoms with van der Waals surface area (Å²) in [7, 11) is 1.48. The van der Waals surface area contributed by atoms with E-state index in [4.69, 9.17) is 25.8 Å². The van der Waals surface area contributed by atoms with Crippen LogP contribution < -0.4 is 14.2 Å². The van der Waals surface area contributed by atoms with Gasteiger partial charge in [-0.3, -0.25) is 9.59 Å². The van der Waals surface area contributed by atoms with Gasteiger partial charge in [-0.05, 0) is 56.7 Å². The zero-order valence-corrected chi connectivity index (χ0v) is 23.0. The Morgan fingerprint density at radius 1 is 1.15 bits per heavy atom. The predicted molar refractivity (Wildman–Crippen MR) is 145 cm³/mol. The second-order valence-corrected chi connectivity index (χ2v) is 10.6. The summed E-state index contributed by atoms with van der Waals surface area (Å²) in [6.07, 6.45) is 0.753. The third-order valence-electron chi connectivity index (χ3n) is 6.38. The summed E-state index contributed by atoms with van der Waals surface area (Å²) in [6, 6.07) is 15.1. The van der Waals surface area contributed by atoms with Crippen LogP contribution in [0.2, 0.25) is 5.02 Å². The van der Waals surface area contributed by atoms with Gasteiger partial charge in [-0.15, -0.1) is 0 Å². The van der Waals surface area contributed by atoms with Crippen molar-refractivity contribution in [2.24, 2.45) is 0 Å². The van der Waals surface area contributed by atoms with Gasteiger partial charge in [0.15, 0.2) is 11.5 Å². The highest BCUT2D eigenvalue weighted by Gasteiger charge is 2.38. The smallest absolute Gasteiger partial charge is 0.323 e. The lowest BCUT2D eigenvalue weighted by molar-refractivity contribution is -0.137. The van der Waals surface area contributed by atoms with Crippen molar-refractivity contribution in [2.45, 2.75) is 51.9 Å². The Hall–Kier alpha value is -3.78. The molecular weight excluding hydrogens is 525 g/mol. The van der Waals surface area contributed by atoms with E-state index < -0.39 is 29.8 Å². The predicted octanol–water partition coefficient (Wildman–Crippen LogP) is 5.94. The van der Waals surface area contributed by atoms with Crippen LogP contribution in [-0.4, -0.2) is 47.2 Å². The highest BCUT2D eigenvalue weighted by Crippen LogP contribution is 2.44. The second-order valence-electron chi connectivity index (χ2n) is 10.2. The summed E-state index contributed by atoms with van der Waals surface area (Å²) in [5.74, 6) is -0.647. The topological polar surface area (TPSA) is 85.3 Å². The van der Waals surface area contributed by atoms with Crippen molar-refractivity contribution >= 4 is 23.5 Å². The lowest BCUT2D eigenvalue weighted by Gasteiger charge is -2.24. The Morgan fingerprint density at radius 3 is 2.56 bits per heavy atom. The first-order valence-electron chi connectivity index (χ1n) is 12.6. The average molecular weight is 556 g/mol. The number of hydrogen-bond acceptors (Lipinski definition) is 5. The Bertz CT molecular complexity index is 1390. The van der Waals surface area contributed by atoms with Crippen LogP contribution >= 0.6 is 11.6 Å². The standard InChI is InChI=1S/C30H31ClFNO6/c1-18(2)38-25-8-6-5-7-20(25)16-33(17-27(34)35)29(36)21-12-22-15-30(3,39-28(22)26(13-21)37-4)14-19-9-10-23(31)24(32)11-19/h5-13,18H,14-17H2,1-4H3,(H,34,35)/t30-/m0/s1. The van der Waals surface area contributed by atoms with E-state index in [1.807, 2.05) is 39.0 Å². The van der Waals surface area contributed by atoms with E-state index in [9.17, 15) is 19.1 Å². The van der Waals surface area contributed by atoms with Gasteiger partial charge < -0.3 is 24.2 Å². The summed E-state index contributed by atoms with van der Waals surface area (Å²) in [4.78, 5) is 26.6. The maximum absolute atomic E-state index is 14.0. The van der Waals surface area contributed by atoms with Crippen molar-refractivity contribution in [1.82, 2.24) is 4.90 Å². The van der Waals surface area contributed by atoms with E-state index in [1.165, 1.54) is 24.1 Å². The number of aliphatic carboxylic acids is 1. The molecule has 7 nitrogen and oxygen atoms in total. The van der Waals surface area contributed by atoms with Crippen molar-refractivity contribution in [2.75, 3.05) is 13.7 Å². The Kier molecular flexibility index (Phi) is 8.35. The molecule has 9 heteroatoms. The monoisotopic (exact) mass is 555 g/mol. The number of benzene rings is 3. The van der Waals surface area contributed by atoms with Crippen LogP contribution in [0.3, 0.4) is 0 Å². The number of nitrogens with zero attached hydrogens (tertiary/aromatic N) is 1. The van der Waals surface area contributed by atoms with Crippen LogP contribution in [0, 0.1) is 5.82 Å². The van der Waals surface area contributed by atoms with Crippen LogP contribution in [-0.2, 0) is 24.2 Å². The molecule has 0 saturated heterocycles. The zero-order valence-electron chi connectivity index (χ0n) is 22.3. The molecular formula is C30H31ClFNO6. The molecule has 1 N–H and O–H groups in total. The van der Waals surface area contributed by atoms with E-state index in [0.29, 0.717) is 35.7 Å². The molecule has 1 aliphatic heterocycles. The van der Waals surface area contributed by atoms with Gasteiger partial charge in [0.25, 0.3) is 5.91 Å². The summed E-state index contributed by atoms with van der Waals surface area (Å²) >= 11 is 5.83. The maximum Gasteiger partial charge on any atom is 0.323 e. The van der Waals surface area contributed by atoms with Crippen molar-refractivity contribution in [1.29, 1.82) is 0 Å². The normalized spacial score (nSPS) is 16.0. The number of carbonyl (C=O) groups excluding carboxylic acids is 1. The van der Waals surface area contributed by atoms with Gasteiger partial charge in [-0.25, -0.2) is 4.39 Å². The Labute approximate surface area is 232 Å². The van der Waals surface area contributed by atoms with Crippen LogP contribution in [0.5, 0.6) is 17.2 Å². The second kappa shape index (κ2) is 11.5. The van der Waals surface area contributed by atoms with Crippen LogP contribution in [0.1, 0.15) is 47.8 Å². The number of carboxylic acid groups (broad SMARTS) is 1. The molecule has 0 fully saturated rings. The third kappa shape index (κ3) is 6.63. The van der Waals surface area contributed by atoms with Gasteiger partial charge in [0.1, 0.15) is 23.7 Å². The van der Waals surface area contributed by atoms with E-state index >= 15 is 0 Å². The van der Waals surface area contributed by atoms with Gasteiger partial charge >= 0.3 is 5.97 Å². The van der Waals surface area contributed by atoms with E-state index in [-0.39, 0.29) is 23.2 Å². The lowest BCUT2D eigenvalue weighted by Crippen LogP contribution is -2.35. The number of rotatable bonds is 10. The number of ether oxygens (including phenoxy) is 3. The highest BCUT2D eigenvalue weighted by atomic mass is 35.5. The van der Waals surface area contributed by atoms with Crippen LogP contribution in [0.15, 0.2) is 54.6 Å². The van der Waals surface area contributed by atoms with E-state index in [1.54, 1.807) is 24.3 Å². The van der Waals surface area contributed by atoms with Crippen molar-refractivity contribution in [3.63, 3.8) is 0 Å². The van der Waals surface area contributed by atoms with Gasteiger partial charge in [-0.1, -0.05) is 35.9 Å². The van der Waals surface area contributed by atoms with E-state index in [2.05, 4.69) is 0 Å². The molecule has 3 aromatic rings. The van der Waals surface area contributed by atoms with Gasteiger partial charge in [0.05, 0.1) is 24.8 Å². The number of halogens is 2. The summed E-state index contributed by atoms with van der Waals surface area (Å²) in [6.45, 7) is 5.25. The molecule has 1 aliphatic rings. The molecule has 3 aromatic carbocycles. The third-order valence-corrected chi connectivity index (χ3v) is 6.69. The van der Waals surface area contributed by atoms with Gasteiger partial charge in [0.2, 0.25) is 0 Å². The molecule has 1 amide bonds. The van der Waals surface area contributed by atoms with Gasteiger partial charge in [0, 0.05) is 29.5 Å². The van der Waals surface area contributed by atoms with Crippen molar-refractivity contribution in [3.05, 3.63) is 87.7 Å². The number of carboxylic acids is 1. The largest absolute Gasteiger partial charge is 0.493 e. The Balaban J connectivity index is 1.62. The van der Waals surface area contributed by atoms with Crippen LogP contribution in [0.25, 0.3) is 0 Å². The van der Waals surface area contributed by atoms with Gasteiger partial charge in [-0.2, -0.15) is 0 Å². The molecule has 0 saturated carbocycles. The number of hydrogen-bond donors (Lipinski definition) is 1. The summed E-state index contributed by atoms with van der Waals surface area (Å²) in [5.41, 5.74) is 1.72. The fraction of sp³-hybridized carbons (Fsp3) is 0.333. The lowest BCUT2D eigenvalue weighted by atomic mass is 9.91. The molecule has 1 atom stereocenters. The number of fused-ring (bicyclic) bond motifs is 1. The molecule has 4 rings (SSSR count). The number of carbonyl (C=O) groups is 2. The Morgan fingerprint density at radius 2 is 1.90 bits per heavy atom. The molecule has 39 heavy (non-hydrogen) atoms. The fourth-order valence-corrected chi connectivity index (χ4v) is 4.92. The summed E-state index contributed by atoms with van der Waals surface area (Å²) in [5, 5.41) is 9.62. The highest BCUT2D eigenvalue weighted by molar-refractivity contribution is 6.30. The average Bonchev–Trinajstić information content (AvgIpc) is 3.21. The SMILES string of the molecule is COc1cc(C(=O)N(CC(=O)O)Cc2ccccc2OC(C)C)cc2c1O[C@@](C)(Cc1ccc(Cl)c(F)c1)C2.